The van der Waals surface area contributed by atoms with E-state index in [0.29, 0.717) is 0 Å². The van der Waals surface area contributed by atoms with Crippen LogP contribution >= 0.6 is 0 Å². The molecular weight excluding hydrogens is 145 g/mol. The molecular formula is C5H4KNO2. The molecule has 1 aromatic rings. The second-order valence-electron chi connectivity index (χ2n) is 1.36. The maximum Gasteiger partial charge on any atom is 1.00 e. The molecule has 0 saturated heterocycles. The molecule has 42 valence electrons. The van der Waals surface area contributed by atoms with Crippen LogP contribution in [0.1, 0.15) is 0 Å². The van der Waals surface area contributed by atoms with Crippen LogP contribution in [0.4, 0.5) is 4.79 Å². The number of carbonyl (C=O) groups is 1. The maximum atomic E-state index is 9.91. The first kappa shape index (κ1) is 9.39. The average molecular weight is 149 g/mol. The Morgan fingerprint density at radius 3 is 2.00 bits per heavy atom. The van der Waals surface area contributed by atoms with Gasteiger partial charge >= 0.3 is 51.4 Å². The summed E-state index contributed by atoms with van der Waals surface area (Å²) in [5.74, 6) is 0. The summed E-state index contributed by atoms with van der Waals surface area (Å²) in [5.41, 5.74) is 0. The summed E-state index contributed by atoms with van der Waals surface area (Å²) in [6.07, 6.45) is 1.62. The zero-order valence-electron chi connectivity index (χ0n) is 5.07. The Labute approximate surface area is 95.1 Å². The zero-order chi connectivity index (χ0) is 5.98. The van der Waals surface area contributed by atoms with E-state index in [2.05, 4.69) is 0 Å². The third kappa shape index (κ3) is 2.64. The normalized spacial score (nSPS) is 8.00. The summed E-state index contributed by atoms with van der Waals surface area (Å²) < 4.78 is 0.972. The molecule has 0 saturated carbocycles. The molecule has 0 radical (unpaired) electrons. The van der Waals surface area contributed by atoms with E-state index in [1.165, 1.54) is 12.4 Å². The van der Waals surface area contributed by atoms with E-state index in [1.54, 1.807) is 12.1 Å². The average Bonchev–Trinajstić information content (AvgIpc) is 2.12. The fraction of sp³-hybridized carbons (Fsp3) is 0. The van der Waals surface area contributed by atoms with Crippen molar-refractivity contribution in [3.63, 3.8) is 0 Å². The van der Waals surface area contributed by atoms with E-state index in [4.69, 9.17) is 0 Å². The molecule has 0 fully saturated rings. The van der Waals surface area contributed by atoms with Gasteiger partial charge in [-0.05, 0) is 12.1 Å². The molecule has 1 aromatic heterocycles. The van der Waals surface area contributed by atoms with Crippen molar-refractivity contribution in [1.82, 2.24) is 4.57 Å². The molecule has 0 atom stereocenters. The van der Waals surface area contributed by atoms with Crippen molar-refractivity contribution in [1.29, 1.82) is 0 Å². The number of rotatable bonds is 0. The van der Waals surface area contributed by atoms with Crippen LogP contribution in [0.15, 0.2) is 24.5 Å². The molecule has 4 heteroatoms. The summed E-state index contributed by atoms with van der Waals surface area (Å²) in [4.78, 5) is 9.91. The predicted molar refractivity (Wildman–Crippen MR) is 25.2 cm³/mol. The van der Waals surface area contributed by atoms with Gasteiger partial charge in [-0.3, -0.25) is 0 Å². The molecule has 0 aromatic carbocycles. The standard InChI is InChI=1S/C5H5NO2.K/c7-5(8)6-3-1-2-4-6;/h1-4H,(H,7,8);/q;+1/p-1. The number of carboxylic acid groups (broad SMARTS) is 1. The largest absolute Gasteiger partial charge is 1.00 e. The Hall–Kier alpha value is 0.386. The van der Waals surface area contributed by atoms with Crippen molar-refractivity contribution in [2.45, 2.75) is 0 Å². The Kier molecular flexibility index (Phi) is 4.42. The van der Waals surface area contributed by atoms with Gasteiger partial charge in [0.05, 0.1) is 0 Å². The molecule has 3 nitrogen and oxygen atoms in total. The van der Waals surface area contributed by atoms with E-state index >= 15 is 0 Å². The monoisotopic (exact) mass is 149 g/mol. The number of carbonyl (C=O) groups excluding carboxylic acids is 1. The van der Waals surface area contributed by atoms with Gasteiger partial charge in [-0.25, -0.2) is 0 Å². The van der Waals surface area contributed by atoms with Gasteiger partial charge in [0.15, 0.2) is 0 Å². The Bertz CT molecular complexity index is 183. The fourth-order valence-corrected chi connectivity index (χ4v) is 0.456. The van der Waals surface area contributed by atoms with Gasteiger partial charge in [0.25, 0.3) is 0 Å². The van der Waals surface area contributed by atoms with Crippen LogP contribution in [0.5, 0.6) is 0 Å². The maximum absolute atomic E-state index is 9.91. The van der Waals surface area contributed by atoms with Crippen LogP contribution in [0, 0.1) is 0 Å². The zero-order valence-corrected chi connectivity index (χ0v) is 8.20. The summed E-state index contributed by atoms with van der Waals surface area (Å²) in [6.45, 7) is 0. The van der Waals surface area contributed by atoms with Crippen molar-refractivity contribution >= 4 is 6.09 Å². The quantitative estimate of drug-likeness (QED) is 0.362. The van der Waals surface area contributed by atoms with Crippen LogP contribution in [-0.4, -0.2) is 10.7 Å². The molecule has 0 aliphatic heterocycles. The number of hydrogen-bond donors (Lipinski definition) is 0. The molecule has 0 N–H and O–H groups in total. The van der Waals surface area contributed by atoms with Crippen molar-refractivity contribution in [3.8, 4) is 0 Å². The molecule has 0 aliphatic carbocycles. The Morgan fingerprint density at radius 1 is 1.33 bits per heavy atom. The SMILES string of the molecule is O=C([O-])n1cccc1.[K+]. The minimum atomic E-state index is -1.20. The topological polar surface area (TPSA) is 45.1 Å². The summed E-state index contributed by atoms with van der Waals surface area (Å²) >= 11 is 0. The third-order valence-electron chi connectivity index (χ3n) is 0.815. The van der Waals surface area contributed by atoms with Crippen molar-refractivity contribution in [2.75, 3.05) is 0 Å². The van der Waals surface area contributed by atoms with E-state index in [0.717, 1.165) is 4.57 Å². The first-order valence-corrected chi connectivity index (χ1v) is 2.15. The molecule has 1 rings (SSSR count). The van der Waals surface area contributed by atoms with E-state index in [9.17, 15) is 9.90 Å². The van der Waals surface area contributed by atoms with Gasteiger partial charge in [0, 0.05) is 12.4 Å². The van der Waals surface area contributed by atoms with Crippen LogP contribution in [-0.2, 0) is 0 Å². The second-order valence-corrected chi connectivity index (χ2v) is 1.36. The van der Waals surface area contributed by atoms with Gasteiger partial charge in [-0.1, -0.05) is 0 Å². The third-order valence-corrected chi connectivity index (χ3v) is 0.815. The van der Waals surface area contributed by atoms with E-state index in [1.807, 2.05) is 0 Å². The predicted octanol–water partition coefficient (Wildman–Crippen LogP) is -3.32. The number of aromatic nitrogens is 1. The van der Waals surface area contributed by atoms with Crippen LogP contribution in [0.25, 0.3) is 0 Å². The minimum Gasteiger partial charge on any atom is -0.529 e. The van der Waals surface area contributed by atoms with E-state index in [-0.39, 0.29) is 51.4 Å². The first-order chi connectivity index (χ1) is 3.80. The summed E-state index contributed by atoms with van der Waals surface area (Å²) in [5, 5.41) is 9.91. The fourth-order valence-electron chi connectivity index (χ4n) is 0.456. The Balaban J connectivity index is 0.000000640. The van der Waals surface area contributed by atoms with Gasteiger partial charge < -0.3 is 14.5 Å². The summed E-state index contributed by atoms with van der Waals surface area (Å²) in [6, 6.07) is 3.24. The smallest absolute Gasteiger partial charge is 0.529 e. The first-order valence-electron chi connectivity index (χ1n) is 2.15. The van der Waals surface area contributed by atoms with Gasteiger partial charge in [0.1, 0.15) is 6.09 Å². The number of hydrogen-bond acceptors (Lipinski definition) is 2. The van der Waals surface area contributed by atoms with Crippen LogP contribution in [0.3, 0.4) is 0 Å². The van der Waals surface area contributed by atoms with Crippen molar-refractivity contribution in [2.24, 2.45) is 0 Å². The van der Waals surface area contributed by atoms with Gasteiger partial charge in [0.2, 0.25) is 0 Å². The van der Waals surface area contributed by atoms with E-state index < -0.39 is 6.09 Å². The molecule has 9 heavy (non-hydrogen) atoms. The molecule has 1 heterocycles. The second kappa shape index (κ2) is 4.24. The summed E-state index contributed by atoms with van der Waals surface area (Å²) in [7, 11) is 0. The molecule has 0 unspecified atom stereocenters. The Morgan fingerprint density at radius 2 is 1.78 bits per heavy atom. The molecule has 0 spiro atoms. The van der Waals surface area contributed by atoms with Crippen molar-refractivity contribution in [3.05, 3.63) is 24.5 Å². The van der Waals surface area contributed by atoms with Crippen LogP contribution < -0.4 is 56.5 Å². The number of nitrogens with zero attached hydrogens (tertiary/aromatic N) is 1. The van der Waals surface area contributed by atoms with Crippen molar-refractivity contribution < 1.29 is 61.3 Å². The van der Waals surface area contributed by atoms with Gasteiger partial charge in [-0.2, -0.15) is 0 Å². The minimum absolute atomic E-state index is 0. The van der Waals surface area contributed by atoms with Crippen LogP contribution in [0.2, 0.25) is 0 Å². The molecule has 0 aliphatic rings. The molecule has 0 bridgehead atoms. The molecule has 0 amide bonds. The van der Waals surface area contributed by atoms with Gasteiger partial charge in [-0.15, -0.1) is 0 Å².